The van der Waals surface area contributed by atoms with Gasteiger partial charge in [-0.05, 0) is 25.0 Å². The van der Waals surface area contributed by atoms with Crippen molar-refractivity contribution in [3.8, 4) is 6.07 Å². The van der Waals surface area contributed by atoms with E-state index in [1.165, 1.54) is 44.9 Å². The predicted molar refractivity (Wildman–Crippen MR) is 111 cm³/mol. The van der Waals surface area contributed by atoms with Crippen LogP contribution in [-0.2, 0) is 4.79 Å². The second kappa shape index (κ2) is 12.2. The van der Waals surface area contributed by atoms with Crippen LogP contribution in [-0.4, -0.2) is 19.0 Å². The smallest absolute Gasteiger partial charge is 0.263 e. The molecule has 1 fully saturated rings. The molecule has 1 N–H and O–H groups in total. The maximum atomic E-state index is 12.7. The van der Waals surface area contributed by atoms with Gasteiger partial charge in [0.15, 0.2) is 0 Å². The molecule has 1 aromatic carbocycles. The molecule has 0 spiro atoms. The van der Waals surface area contributed by atoms with Crippen LogP contribution in [0.25, 0.3) is 0 Å². The predicted octanol–water partition coefficient (Wildman–Crippen LogP) is 5.32. The number of rotatable bonds is 4. The van der Waals surface area contributed by atoms with Crippen LogP contribution in [0.1, 0.15) is 70.6 Å². The minimum absolute atomic E-state index is 0.160. The first-order valence-corrected chi connectivity index (χ1v) is 10.4. The lowest BCUT2D eigenvalue weighted by Gasteiger charge is -2.20. The fourth-order valence-electron chi connectivity index (χ4n) is 3.64. The molecule has 4 nitrogen and oxygen atoms in total. The molecule has 1 aliphatic carbocycles. The summed E-state index contributed by atoms with van der Waals surface area (Å²) in [6.07, 6.45) is 15.1. The van der Waals surface area contributed by atoms with Gasteiger partial charge in [-0.25, -0.2) is 0 Å². The van der Waals surface area contributed by atoms with Crippen molar-refractivity contribution in [3.05, 3.63) is 42.1 Å². The number of anilines is 1. The van der Waals surface area contributed by atoms with Gasteiger partial charge < -0.3 is 10.2 Å². The van der Waals surface area contributed by atoms with Crippen molar-refractivity contribution >= 4 is 11.6 Å². The number of amides is 1. The van der Waals surface area contributed by atoms with Crippen LogP contribution in [0.4, 0.5) is 5.69 Å². The Bertz CT molecular complexity index is 621. The summed E-state index contributed by atoms with van der Waals surface area (Å²) in [5, 5.41) is 12.6. The molecule has 2 rings (SSSR count). The summed E-state index contributed by atoms with van der Waals surface area (Å²) in [5.41, 5.74) is 1.11. The topological polar surface area (TPSA) is 56.1 Å². The number of para-hydroxylation sites is 1. The van der Waals surface area contributed by atoms with Crippen LogP contribution in [0.2, 0.25) is 0 Å². The number of hydrogen-bond acceptors (Lipinski definition) is 3. The van der Waals surface area contributed by atoms with Gasteiger partial charge in [-0.1, -0.05) is 76.0 Å². The fraction of sp³-hybridized carbons (Fsp3) is 0.565. The number of hydrogen-bond donors (Lipinski definition) is 1. The molecule has 1 aromatic rings. The maximum absolute atomic E-state index is 12.7. The van der Waals surface area contributed by atoms with E-state index in [0.29, 0.717) is 0 Å². The Hall–Kier alpha value is -2.28. The Morgan fingerprint density at radius 1 is 1.00 bits per heavy atom. The third-order valence-corrected chi connectivity index (χ3v) is 5.29. The molecule has 0 radical (unpaired) electrons. The zero-order valence-corrected chi connectivity index (χ0v) is 16.6. The second-order valence-electron chi connectivity index (χ2n) is 7.53. The number of nitrogens with one attached hydrogen (secondary N) is 1. The summed E-state index contributed by atoms with van der Waals surface area (Å²) in [6.45, 7) is 0. The molecule has 0 aliphatic heterocycles. The molecule has 1 saturated carbocycles. The third kappa shape index (κ3) is 7.86. The second-order valence-corrected chi connectivity index (χ2v) is 7.53. The average molecular weight is 368 g/mol. The van der Waals surface area contributed by atoms with E-state index in [1.54, 1.807) is 6.20 Å². The van der Waals surface area contributed by atoms with E-state index in [4.69, 9.17) is 0 Å². The summed E-state index contributed by atoms with van der Waals surface area (Å²) in [6, 6.07) is 12.0. The van der Waals surface area contributed by atoms with E-state index >= 15 is 0 Å². The van der Waals surface area contributed by atoms with Gasteiger partial charge >= 0.3 is 0 Å². The van der Waals surface area contributed by atoms with Gasteiger partial charge in [0.25, 0.3) is 5.91 Å². The highest BCUT2D eigenvalue weighted by Gasteiger charge is 2.16. The quantitative estimate of drug-likeness (QED) is 0.579. The molecule has 0 bridgehead atoms. The molecule has 1 amide bonds. The molecular formula is C23H33N3O. The largest absolute Gasteiger partial charge is 0.350 e. The van der Waals surface area contributed by atoms with Crippen LogP contribution >= 0.6 is 0 Å². The number of nitriles is 1. The Balaban J connectivity index is 1.96. The van der Waals surface area contributed by atoms with Gasteiger partial charge in [-0.2, -0.15) is 5.26 Å². The van der Waals surface area contributed by atoms with Crippen molar-refractivity contribution < 1.29 is 4.79 Å². The van der Waals surface area contributed by atoms with Crippen LogP contribution in [0.3, 0.4) is 0 Å². The first-order chi connectivity index (χ1) is 13.2. The van der Waals surface area contributed by atoms with Crippen molar-refractivity contribution in [1.29, 1.82) is 5.26 Å². The molecule has 0 atom stereocenters. The Morgan fingerprint density at radius 3 is 2.04 bits per heavy atom. The van der Waals surface area contributed by atoms with E-state index in [0.717, 1.165) is 31.4 Å². The van der Waals surface area contributed by atoms with E-state index in [2.05, 4.69) is 11.4 Å². The lowest BCUT2D eigenvalue weighted by Crippen LogP contribution is -2.36. The van der Waals surface area contributed by atoms with Crippen LogP contribution in [0.5, 0.6) is 0 Å². The Morgan fingerprint density at radius 2 is 1.52 bits per heavy atom. The lowest BCUT2D eigenvalue weighted by atomic mass is 9.97. The first kappa shape index (κ1) is 21.0. The zero-order chi connectivity index (χ0) is 19.3. The SMILES string of the molecule is CN(/C=C(/C#N)C(=O)NC1CCCCCCCCCCC1)c1ccccc1. The number of nitrogens with zero attached hydrogens (tertiary/aromatic N) is 2. The minimum atomic E-state index is -0.252. The molecule has 0 saturated heterocycles. The molecule has 0 heterocycles. The number of benzene rings is 1. The minimum Gasteiger partial charge on any atom is -0.350 e. The Kier molecular flexibility index (Phi) is 9.48. The van der Waals surface area contributed by atoms with Gasteiger partial charge in [0.05, 0.1) is 0 Å². The summed E-state index contributed by atoms with van der Waals surface area (Å²) in [5.74, 6) is -0.252. The molecule has 146 valence electrons. The number of carbonyl (C=O) groups excluding carboxylic acids is 1. The lowest BCUT2D eigenvalue weighted by molar-refractivity contribution is -0.117. The standard InChI is InChI=1S/C23H33N3O/c1-26(22-16-12-9-13-17-22)19-20(18-24)23(27)25-21-14-10-7-5-3-2-4-6-8-11-15-21/h9,12-13,16-17,19,21H,2-8,10-11,14-15H2,1H3,(H,25,27)/b20-19-. The van der Waals surface area contributed by atoms with Gasteiger partial charge in [-0.15, -0.1) is 0 Å². The maximum Gasteiger partial charge on any atom is 0.263 e. The summed E-state index contributed by atoms with van der Waals surface area (Å²) >= 11 is 0. The molecule has 4 heteroatoms. The van der Waals surface area contributed by atoms with Crippen LogP contribution < -0.4 is 10.2 Å². The highest BCUT2D eigenvalue weighted by molar-refractivity contribution is 5.97. The molecule has 1 aliphatic rings. The van der Waals surface area contributed by atoms with Crippen molar-refractivity contribution in [2.45, 2.75) is 76.7 Å². The van der Waals surface area contributed by atoms with Gasteiger partial charge in [0.2, 0.25) is 0 Å². The molecule has 0 aromatic heterocycles. The van der Waals surface area contributed by atoms with Crippen molar-refractivity contribution in [1.82, 2.24) is 5.32 Å². The van der Waals surface area contributed by atoms with Crippen molar-refractivity contribution in [3.63, 3.8) is 0 Å². The summed E-state index contributed by atoms with van der Waals surface area (Å²) in [4.78, 5) is 14.5. The highest BCUT2D eigenvalue weighted by Crippen LogP contribution is 2.18. The Labute approximate surface area is 164 Å². The van der Waals surface area contributed by atoms with Gasteiger partial charge in [0, 0.05) is 25.0 Å². The van der Waals surface area contributed by atoms with E-state index in [-0.39, 0.29) is 17.5 Å². The van der Waals surface area contributed by atoms with Gasteiger partial charge in [-0.3, -0.25) is 4.79 Å². The van der Waals surface area contributed by atoms with E-state index in [1.807, 2.05) is 42.3 Å². The van der Waals surface area contributed by atoms with Crippen molar-refractivity contribution in [2.75, 3.05) is 11.9 Å². The first-order valence-electron chi connectivity index (χ1n) is 10.4. The van der Waals surface area contributed by atoms with E-state index in [9.17, 15) is 10.1 Å². The normalized spacial score (nSPS) is 17.9. The fourth-order valence-corrected chi connectivity index (χ4v) is 3.64. The summed E-state index contributed by atoms with van der Waals surface area (Å²) < 4.78 is 0. The third-order valence-electron chi connectivity index (χ3n) is 5.29. The molecule has 0 unspecified atom stereocenters. The average Bonchev–Trinajstić information content (AvgIpc) is 2.68. The molecular weight excluding hydrogens is 334 g/mol. The van der Waals surface area contributed by atoms with E-state index < -0.39 is 0 Å². The van der Waals surface area contributed by atoms with Crippen LogP contribution in [0.15, 0.2) is 42.1 Å². The number of carbonyl (C=O) groups is 1. The van der Waals surface area contributed by atoms with Crippen molar-refractivity contribution in [2.24, 2.45) is 0 Å². The molecule has 27 heavy (non-hydrogen) atoms. The van der Waals surface area contributed by atoms with Gasteiger partial charge in [0.1, 0.15) is 11.6 Å². The van der Waals surface area contributed by atoms with Crippen LogP contribution in [0, 0.1) is 11.3 Å². The monoisotopic (exact) mass is 367 g/mol. The summed E-state index contributed by atoms with van der Waals surface area (Å²) in [7, 11) is 1.86. The zero-order valence-electron chi connectivity index (χ0n) is 16.6. The highest BCUT2D eigenvalue weighted by atomic mass is 16.1.